The maximum atomic E-state index is 12.9. The van der Waals surface area contributed by atoms with Crippen LogP contribution in [-0.2, 0) is 11.2 Å². The number of carbonyl (C=O) groups is 2. The molecular weight excluding hydrogens is 396 g/mol. The number of hydrogen-bond donors (Lipinski definition) is 1. The van der Waals surface area contributed by atoms with Gasteiger partial charge in [-0.2, -0.15) is 0 Å². The van der Waals surface area contributed by atoms with Crippen molar-refractivity contribution in [3.8, 4) is 5.75 Å². The van der Waals surface area contributed by atoms with Crippen LogP contribution in [0.25, 0.3) is 0 Å². The standard InChI is InChI=1S/C23H32N4O4/c1-5-20(18-9-7-8-10-21(18)30-6-2)24-23(29)27-13-11-26(12-14-27)22(28)15-19-16(3)25-31-17(19)4/h7-10,20H,5-6,11-15H2,1-4H3,(H,24,29). The lowest BCUT2D eigenvalue weighted by Gasteiger charge is -2.35. The maximum Gasteiger partial charge on any atom is 0.318 e. The molecule has 2 heterocycles. The molecule has 1 aromatic carbocycles. The van der Waals surface area contributed by atoms with E-state index >= 15 is 0 Å². The minimum atomic E-state index is -0.130. The summed E-state index contributed by atoms with van der Waals surface area (Å²) < 4.78 is 10.9. The van der Waals surface area contributed by atoms with Crippen LogP contribution in [0.5, 0.6) is 5.75 Å². The van der Waals surface area contributed by atoms with E-state index in [0.717, 1.165) is 29.0 Å². The van der Waals surface area contributed by atoms with Crippen LogP contribution in [0, 0.1) is 13.8 Å². The number of hydrogen-bond acceptors (Lipinski definition) is 5. The largest absolute Gasteiger partial charge is 0.494 e. The average Bonchev–Trinajstić information content (AvgIpc) is 3.10. The topological polar surface area (TPSA) is 87.9 Å². The quantitative estimate of drug-likeness (QED) is 0.731. The van der Waals surface area contributed by atoms with Crippen LogP contribution >= 0.6 is 0 Å². The third kappa shape index (κ3) is 5.37. The Hall–Kier alpha value is -3.03. The first-order valence-corrected chi connectivity index (χ1v) is 10.9. The summed E-state index contributed by atoms with van der Waals surface area (Å²) in [6.07, 6.45) is 1.03. The molecule has 1 atom stereocenters. The average molecular weight is 429 g/mol. The molecule has 2 aromatic rings. The number of carbonyl (C=O) groups excluding carboxylic acids is 2. The Bertz CT molecular complexity index is 883. The Labute approximate surface area is 183 Å². The number of nitrogens with zero attached hydrogens (tertiary/aromatic N) is 3. The van der Waals surface area contributed by atoms with Gasteiger partial charge >= 0.3 is 6.03 Å². The molecule has 1 aliphatic rings. The van der Waals surface area contributed by atoms with Crippen LogP contribution in [0.2, 0.25) is 0 Å². The van der Waals surface area contributed by atoms with Gasteiger partial charge < -0.3 is 24.4 Å². The van der Waals surface area contributed by atoms with Gasteiger partial charge in [-0.3, -0.25) is 4.79 Å². The predicted molar refractivity (Wildman–Crippen MR) is 117 cm³/mol. The molecule has 1 N–H and O–H groups in total. The van der Waals surface area contributed by atoms with E-state index in [9.17, 15) is 9.59 Å². The highest BCUT2D eigenvalue weighted by Gasteiger charge is 2.27. The second-order valence-corrected chi connectivity index (χ2v) is 7.73. The molecular formula is C23H32N4O4. The summed E-state index contributed by atoms with van der Waals surface area (Å²) in [5, 5.41) is 7.04. The SMILES string of the molecule is CCOc1ccccc1C(CC)NC(=O)N1CCN(C(=O)Cc2c(C)noc2C)CC1. The van der Waals surface area contributed by atoms with Crippen LogP contribution in [0.3, 0.4) is 0 Å². The number of piperazine rings is 1. The summed E-state index contributed by atoms with van der Waals surface area (Å²) in [5.41, 5.74) is 2.58. The summed E-state index contributed by atoms with van der Waals surface area (Å²) >= 11 is 0. The molecule has 0 radical (unpaired) electrons. The molecule has 8 nitrogen and oxygen atoms in total. The fourth-order valence-electron chi connectivity index (χ4n) is 3.87. The minimum Gasteiger partial charge on any atom is -0.494 e. The smallest absolute Gasteiger partial charge is 0.318 e. The zero-order chi connectivity index (χ0) is 22.4. The van der Waals surface area contributed by atoms with Gasteiger partial charge in [-0.1, -0.05) is 30.3 Å². The van der Waals surface area contributed by atoms with Gasteiger partial charge in [0.1, 0.15) is 11.5 Å². The van der Waals surface area contributed by atoms with E-state index in [1.54, 1.807) is 9.80 Å². The number of benzene rings is 1. The van der Waals surface area contributed by atoms with Crippen molar-refractivity contribution in [1.29, 1.82) is 0 Å². The molecule has 1 unspecified atom stereocenters. The van der Waals surface area contributed by atoms with E-state index in [1.165, 1.54) is 0 Å². The molecule has 1 fully saturated rings. The van der Waals surface area contributed by atoms with Gasteiger partial charge in [0, 0.05) is 37.3 Å². The fraction of sp³-hybridized carbons (Fsp3) is 0.522. The second-order valence-electron chi connectivity index (χ2n) is 7.73. The van der Waals surface area contributed by atoms with Crippen LogP contribution in [0.1, 0.15) is 48.9 Å². The lowest BCUT2D eigenvalue weighted by atomic mass is 10.0. The van der Waals surface area contributed by atoms with Crippen LogP contribution in [0.15, 0.2) is 28.8 Å². The number of aromatic nitrogens is 1. The Morgan fingerprint density at radius 1 is 1.13 bits per heavy atom. The Morgan fingerprint density at radius 3 is 2.42 bits per heavy atom. The highest BCUT2D eigenvalue weighted by atomic mass is 16.5. The number of amides is 3. The fourth-order valence-corrected chi connectivity index (χ4v) is 3.87. The molecule has 1 aromatic heterocycles. The third-order valence-corrected chi connectivity index (χ3v) is 5.73. The Balaban J connectivity index is 1.55. The van der Waals surface area contributed by atoms with Gasteiger partial charge in [0.2, 0.25) is 5.91 Å². The van der Waals surface area contributed by atoms with Crippen molar-refractivity contribution in [2.24, 2.45) is 0 Å². The maximum absolute atomic E-state index is 12.9. The molecule has 8 heteroatoms. The van der Waals surface area contributed by atoms with Crippen molar-refractivity contribution >= 4 is 11.9 Å². The number of nitrogens with one attached hydrogen (secondary N) is 1. The summed E-state index contributed by atoms with van der Waals surface area (Å²) in [6.45, 7) is 10.3. The molecule has 0 bridgehead atoms. The number of ether oxygens (including phenoxy) is 1. The summed E-state index contributed by atoms with van der Waals surface area (Å²) in [6, 6.07) is 7.56. The lowest BCUT2D eigenvalue weighted by molar-refractivity contribution is -0.131. The monoisotopic (exact) mass is 428 g/mol. The normalized spacial score (nSPS) is 15.0. The molecule has 3 rings (SSSR count). The molecule has 0 spiro atoms. The van der Waals surface area contributed by atoms with E-state index in [4.69, 9.17) is 9.26 Å². The molecule has 3 amide bonds. The number of urea groups is 1. The van der Waals surface area contributed by atoms with Crippen LogP contribution in [0.4, 0.5) is 4.79 Å². The predicted octanol–water partition coefficient (Wildman–Crippen LogP) is 3.24. The van der Waals surface area contributed by atoms with E-state index in [0.29, 0.717) is 38.5 Å². The first kappa shape index (κ1) is 22.7. The molecule has 31 heavy (non-hydrogen) atoms. The minimum absolute atomic E-state index is 0.0338. The van der Waals surface area contributed by atoms with Crippen molar-refractivity contribution in [2.75, 3.05) is 32.8 Å². The van der Waals surface area contributed by atoms with Gasteiger partial charge in [-0.25, -0.2) is 4.79 Å². The molecule has 168 valence electrons. The number of rotatable bonds is 7. The van der Waals surface area contributed by atoms with Crippen molar-refractivity contribution < 1.29 is 18.8 Å². The number of para-hydroxylation sites is 1. The molecule has 1 aliphatic heterocycles. The summed E-state index contributed by atoms with van der Waals surface area (Å²) in [7, 11) is 0. The highest BCUT2D eigenvalue weighted by molar-refractivity contribution is 5.80. The van der Waals surface area contributed by atoms with E-state index in [2.05, 4.69) is 10.5 Å². The zero-order valence-electron chi connectivity index (χ0n) is 18.8. The van der Waals surface area contributed by atoms with Crippen LogP contribution in [-0.4, -0.2) is 59.7 Å². The summed E-state index contributed by atoms with van der Waals surface area (Å²) in [5.74, 6) is 1.51. The number of aryl methyl sites for hydroxylation is 2. The van der Waals surface area contributed by atoms with E-state index in [-0.39, 0.29) is 24.4 Å². The molecule has 1 saturated heterocycles. The second kappa shape index (κ2) is 10.3. The van der Waals surface area contributed by atoms with Crippen molar-refractivity contribution in [3.63, 3.8) is 0 Å². The molecule has 0 aliphatic carbocycles. The Morgan fingerprint density at radius 2 is 1.81 bits per heavy atom. The van der Waals surface area contributed by atoms with E-state index < -0.39 is 0 Å². The van der Waals surface area contributed by atoms with Gasteiger partial charge in [-0.05, 0) is 33.3 Å². The lowest BCUT2D eigenvalue weighted by Crippen LogP contribution is -2.53. The van der Waals surface area contributed by atoms with Gasteiger partial charge in [-0.15, -0.1) is 0 Å². The van der Waals surface area contributed by atoms with Gasteiger partial charge in [0.05, 0.1) is 24.8 Å². The first-order valence-electron chi connectivity index (χ1n) is 10.9. The third-order valence-electron chi connectivity index (χ3n) is 5.73. The Kier molecular flexibility index (Phi) is 7.55. The van der Waals surface area contributed by atoms with Crippen molar-refractivity contribution in [3.05, 3.63) is 46.8 Å². The van der Waals surface area contributed by atoms with Gasteiger partial charge in [0.25, 0.3) is 0 Å². The highest BCUT2D eigenvalue weighted by Crippen LogP contribution is 2.27. The van der Waals surface area contributed by atoms with Crippen molar-refractivity contribution in [1.82, 2.24) is 20.3 Å². The first-order chi connectivity index (χ1) is 14.9. The molecule has 0 saturated carbocycles. The van der Waals surface area contributed by atoms with Crippen molar-refractivity contribution in [2.45, 2.75) is 46.6 Å². The van der Waals surface area contributed by atoms with Crippen LogP contribution < -0.4 is 10.1 Å². The van der Waals surface area contributed by atoms with Gasteiger partial charge in [0.15, 0.2) is 0 Å². The zero-order valence-corrected chi connectivity index (χ0v) is 18.8. The van der Waals surface area contributed by atoms with E-state index in [1.807, 2.05) is 52.0 Å². The summed E-state index contributed by atoms with van der Waals surface area (Å²) in [4.78, 5) is 29.1.